The van der Waals surface area contributed by atoms with Crippen LogP contribution in [-0.2, 0) is 13.0 Å². The summed E-state index contributed by atoms with van der Waals surface area (Å²) in [4.78, 5) is 8.54. The van der Waals surface area contributed by atoms with Crippen LogP contribution < -0.4 is 10.6 Å². The fraction of sp³-hybridized carbons (Fsp3) is 0.600. The summed E-state index contributed by atoms with van der Waals surface area (Å²) in [6.45, 7) is 6.50. The predicted molar refractivity (Wildman–Crippen MR) is 104 cm³/mol. The summed E-state index contributed by atoms with van der Waals surface area (Å²) in [5, 5.41) is 14.6. The lowest BCUT2D eigenvalue weighted by Crippen LogP contribution is -2.39. The van der Waals surface area contributed by atoms with Gasteiger partial charge in [0.1, 0.15) is 0 Å². The zero-order chi connectivity index (χ0) is 16.5. The van der Waals surface area contributed by atoms with Gasteiger partial charge in [-0.3, -0.25) is 9.67 Å². The molecule has 0 atom stereocenters. The average Bonchev–Trinajstić information content (AvgIpc) is 3.21. The third-order valence-corrected chi connectivity index (χ3v) is 3.27. The maximum atomic E-state index is 5.21. The van der Waals surface area contributed by atoms with Crippen LogP contribution in [0.5, 0.6) is 0 Å². The molecule has 0 aliphatic carbocycles. The van der Waals surface area contributed by atoms with Crippen molar-refractivity contribution in [1.29, 1.82) is 0 Å². The largest absolute Gasteiger partial charge is 0.356 e. The Kier molecular flexibility index (Phi) is 9.35. The van der Waals surface area contributed by atoms with Gasteiger partial charge >= 0.3 is 0 Å². The zero-order valence-corrected chi connectivity index (χ0v) is 16.7. The van der Waals surface area contributed by atoms with Crippen LogP contribution in [0.15, 0.2) is 28.0 Å². The van der Waals surface area contributed by atoms with Crippen LogP contribution in [0.2, 0.25) is 0 Å². The van der Waals surface area contributed by atoms with E-state index in [1.807, 2.05) is 30.8 Å². The smallest absolute Gasteiger partial charge is 0.228 e. The molecule has 0 fully saturated rings. The van der Waals surface area contributed by atoms with Crippen LogP contribution in [0.3, 0.4) is 0 Å². The summed E-state index contributed by atoms with van der Waals surface area (Å²) in [5.74, 6) is 2.45. The van der Waals surface area contributed by atoms with Crippen LogP contribution in [-0.4, -0.2) is 46.0 Å². The summed E-state index contributed by atoms with van der Waals surface area (Å²) in [6.07, 6.45) is 5.40. The number of aromatic nitrogens is 4. The molecule has 0 saturated heterocycles. The van der Waals surface area contributed by atoms with Crippen molar-refractivity contribution in [3.63, 3.8) is 0 Å². The number of hydrogen-bond acceptors (Lipinski definition) is 5. The molecular weight excluding hydrogens is 421 g/mol. The molecule has 0 aliphatic heterocycles. The summed E-state index contributed by atoms with van der Waals surface area (Å²) in [6, 6.07) is 1.93. The minimum Gasteiger partial charge on any atom is -0.356 e. The number of nitrogens with zero attached hydrogens (tertiary/aromatic N) is 5. The van der Waals surface area contributed by atoms with Crippen LogP contribution in [0.25, 0.3) is 0 Å². The average molecular weight is 447 g/mol. The fourth-order valence-electron chi connectivity index (χ4n) is 1.99. The van der Waals surface area contributed by atoms with Crippen molar-refractivity contribution in [2.24, 2.45) is 4.99 Å². The van der Waals surface area contributed by atoms with Gasteiger partial charge in [0.2, 0.25) is 5.89 Å². The Morgan fingerprint density at radius 2 is 2.12 bits per heavy atom. The van der Waals surface area contributed by atoms with Gasteiger partial charge in [0, 0.05) is 51.4 Å². The number of hydrogen-bond donors (Lipinski definition) is 2. The minimum atomic E-state index is 0. The Hall–Kier alpha value is -1.65. The molecule has 24 heavy (non-hydrogen) atoms. The maximum absolute atomic E-state index is 5.21. The SMILES string of the molecule is CN=C(NCCCn1cccn1)NCCc1nc(C(C)C)no1.I. The van der Waals surface area contributed by atoms with Gasteiger partial charge in [0.25, 0.3) is 0 Å². The van der Waals surface area contributed by atoms with Gasteiger partial charge in [-0.25, -0.2) is 0 Å². The summed E-state index contributed by atoms with van der Waals surface area (Å²) in [5.41, 5.74) is 0. The lowest BCUT2D eigenvalue weighted by molar-refractivity contribution is 0.371. The van der Waals surface area contributed by atoms with Crippen molar-refractivity contribution in [3.05, 3.63) is 30.2 Å². The third kappa shape index (κ3) is 6.85. The first-order chi connectivity index (χ1) is 11.2. The van der Waals surface area contributed by atoms with E-state index in [1.54, 1.807) is 13.2 Å². The quantitative estimate of drug-likeness (QED) is 0.278. The van der Waals surface area contributed by atoms with Gasteiger partial charge in [-0.2, -0.15) is 10.1 Å². The number of guanidine groups is 1. The van der Waals surface area contributed by atoms with Crippen molar-refractivity contribution in [2.45, 2.75) is 39.2 Å². The third-order valence-electron chi connectivity index (χ3n) is 3.27. The molecule has 0 bridgehead atoms. The first-order valence-corrected chi connectivity index (χ1v) is 7.93. The molecule has 8 nitrogen and oxygen atoms in total. The molecule has 0 amide bonds. The monoisotopic (exact) mass is 447 g/mol. The molecule has 0 radical (unpaired) electrons. The van der Waals surface area contributed by atoms with E-state index in [9.17, 15) is 0 Å². The van der Waals surface area contributed by atoms with E-state index in [0.29, 0.717) is 18.9 Å². The topological polar surface area (TPSA) is 93.2 Å². The van der Waals surface area contributed by atoms with E-state index in [2.05, 4.69) is 30.9 Å². The minimum absolute atomic E-state index is 0. The highest BCUT2D eigenvalue weighted by Crippen LogP contribution is 2.09. The van der Waals surface area contributed by atoms with Gasteiger partial charge in [0.15, 0.2) is 11.8 Å². The lowest BCUT2D eigenvalue weighted by Gasteiger charge is -2.11. The van der Waals surface area contributed by atoms with Crippen LogP contribution >= 0.6 is 24.0 Å². The Labute approximate surface area is 159 Å². The van der Waals surface area contributed by atoms with Crippen LogP contribution in [0.4, 0.5) is 0 Å². The van der Waals surface area contributed by atoms with Crippen molar-refractivity contribution >= 4 is 29.9 Å². The van der Waals surface area contributed by atoms with Crippen LogP contribution in [0.1, 0.15) is 37.9 Å². The first kappa shape index (κ1) is 20.4. The van der Waals surface area contributed by atoms with E-state index in [1.165, 1.54) is 0 Å². The lowest BCUT2D eigenvalue weighted by atomic mass is 10.2. The van der Waals surface area contributed by atoms with E-state index in [-0.39, 0.29) is 29.9 Å². The van der Waals surface area contributed by atoms with Crippen molar-refractivity contribution < 1.29 is 4.52 Å². The van der Waals surface area contributed by atoms with E-state index in [4.69, 9.17) is 4.52 Å². The number of rotatable bonds is 8. The van der Waals surface area contributed by atoms with Gasteiger partial charge in [-0.1, -0.05) is 19.0 Å². The molecule has 0 spiro atoms. The molecule has 134 valence electrons. The van der Waals surface area contributed by atoms with E-state index in [0.717, 1.165) is 31.3 Å². The number of aliphatic imine (C=N–C) groups is 1. The van der Waals surface area contributed by atoms with Crippen LogP contribution in [0, 0.1) is 0 Å². The van der Waals surface area contributed by atoms with Crippen molar-refractivity contribution in [2.75, 3.05) is 20.1 Å². The molecule has 9 heteroatoms. The second-order valence-corrected chi connectivity index (χ2v) is 5.50. The predicted octanol–water partition coefficient (Wildman–Crippen LogP) is 1.81. The highest BCUT2D eigenvalue weighted by molar-refractivity contribution is 14.0. The fourth-order valence-corrected chi connectivity index (χ4v) is 1.99. The summed E-state index contributed by atoms with van der Waals surface area (Å²) in [7, 11) is 1.76. The van der Waals surface area contributed by atoms with E-state index < -0.39 is 0 Å². The molecule has 0 unspecified atom stereocenters. The van der Waals surface area contributed by atoms with Gasteiger partial charge in [0.05, 0.1) is 0 Å². The Balaban J connectivity index is 0.00000288. The summed E-state index contributed by atoms with van der Waals surface area (Å²) >= 11 is 0. The molecule has 2 aromatic rings. The van der Waals surface area contributed by atoms with Gasteiger partial charge in [-0.05, 0) is 12.5 Å². The molecule has 2 aromatic heterocycles. The van der Waals surface area contributed by atoms with Crippen molar-refractivity contribution in [3.8, 4) is 0 Å². The zero-order valence-electron chi connectivity index (χ0n) is 14.4. The van der Waals surface area contributed by atoms with E-state index >= 15 is 0 Å². The number of nitrogens with one attached hydrogen (secondary N) is 2. The Bertz CT molecular complexity index is 595. The Morgan fingerprint density at radius 3 is 2.75 bits per heavy atom. The molecule has 0 saturated carbocycles. The highest BCUT2D eigenvalue weighted by atomic mass is 127. The molecule has 0 aliphatic rings. The first-order valence-electron chi connectivity index (χ1n) is 7.93. The molecule has 2 rings (SSSR count). The van der Waals surface area contributed by atoms with Crippen molar-refractivity contribution in [1.82, 2.24) is 30.6 Å². The Morgan fingerprint density at radius 1 is 1.33 bits per heavy atom. The van der Waals surface area contributed by atoms with Gasteiger partial charge < -0.3 is 15.2 Å². The number of halogens is 1. The molecular formula is C15H26IN7O. The summed E-state index contributed by atoms with van der Waals surface area (Å²) < 4.78 is 7.13. The molecule has 2 heterocycles. The molecule has 0 aromatic carbocycles. The normalized spacial score (nSPS) is 11.4. The number of aryl methyl sites for hydroxylation is 1. The standard InChI is InChI=1S/C15H25N7O.HI/c1-12(2)14-20-13(23-21-14)6-9-18-15(16-3)17-7-4-10-22-11-5-8-19-22;/h5,8,11-12H,4,6-7,9-10H2,1-3H3,(H2,16,17,18);1H. The molecule has 2 N–H and O–H groups in total. The highest BCUT2D eigenvalue weighted by Gasteiger charge is 2.09. The second kappa shape index (κ2) is 11.0. The maximum Gasteiger partial charge on any atom is 0.228 e. The second-order valence-electron chi connectivity index (χ2n) is 5.50. The van der Waals surface area contributed by atoms with Gasteiger partial charge in [-0.15, -0.1) is 24.0 Å².